The quantitative estimate of drug-likeness (QED) is 0.486. The maximum absolute atomic E-state index is 12.0. The lowest BCUT2D eigenvalue weighted by atomic mass is 10.1. The zero-order chi connectivity index (χ0) is 19.3. The molecule has 0 saturated heterocycles. The molecule has 2 atom stereocenters. The molecule has 1 amide bonds. The Morgan fingerprint density at radius 3 is 2.68 bits per heavy atom. The molecule has 142 valence electrons. The van der Waals surface area contributed by atoms with Crippen molar-refractivity contribution >= 4 is 12.1 Å². The van der Waals surface area contributed by atoms with Gasteiger partial charge in [-0.05, 0) is 36.1 Å². The largest absolute Gasteiger partial charge is 0.483 e. The SMILES string of the molecule is C[C@H]1C[C@@H]1c1ccc(/C=N\NC(=O)COc2ccccc2-c2ccccc2)o1. The molecule has 3 aromatic rings. The minimum atomic E-state index is -0.332. The van der Waals surface area contributed by atoms with Crippen molar-refractivity contribution in [1.82, 2.24) is 5.43 Å². The number of nitrogens with one attached hydrogen (secondary N) is 1. The van der Waals surface area contributed by atoms with E-state index in [-0.39, 0.29) is 12.5 Å². The van der Waals surface area contributed by atoms with Crippen LogP contribution < -0.4 is 10.2 Å². The van der Waals surface area contributed by atoms with Gasteiger partial charge in [-0.1, -0.05) is 55.5 Å². The fourth-order valence-electron chi connectivity index (χ4n) is 3.15. The number of para-hydroxylation sites is 1. The summed E-state index contributed by atoms with van der Waals surface area (Å²) in [5.41, 5.74) is 4.45. The number of furan rings is 1. The number of benzene rings is 2. The van der Waals surface area contributed by atoms with Gasteiger partial charge >= 0.3 is 0 Å². The lowest BCUT2D eigenvalue weighted by molar-refractivity contribution is -0.123. The Kier molecular flexibility index (Phi) is 5.24. The van der Waals surface area contributed by atoms with Crippen LogP contribution in [-0.4, -0.2) is 18.7 Å². The summed E-state index contributed by atoms with van der Waals surface area (Å²) >= 11 is 0. The number of ether oxygens (including phenoxy) is 1. The molecule has 1 N–H and O–H groups in total. The Hall–Kier alpha value is -3.34. The fourth-order valence-corrected chi connectivity index (χ4v) is 3.15. The van der Waals surface area contributed by atoms with E-state index in [0.717, 1.165) is 16.9 Å². The maximum Gasteiger partial charge on any atom is 0.277 e. The van der Waals surface area contributed by atoms with E-state index in [1.165, 1.54) is 12.6 Å². The first-order valence-corrected chi connectivity index (χ1v) is 9.39. The van der Waals surface area contributed by atoms with Crippen molar-refractivity contribution in [3.63, 3.8) is 0 Å². The summed E-state index contributed by atoms with van der Waals surface area (Å²) in [6.45, 7) is 2.08. The van der Waals surface area contributed by atoms with Gasteiger partial charge in [0.25, 0.3) is 5.91 Å². The van der Waals surface area contributed by atoms with Crippen LogP contribution in [0.15, 0.2) is 76.2 Å². The van der Waals surface area contributed by atoms with Crippen molar-refractivity contribution in [2.75, 3.05) is 6.61 Å². The number of carbonyl (C=O) groups is 1. The molecular weight excluding hydrogens is 352 g/mol. The number of hydrogen-bond donors (Lipinski definition) is 1. The van der Waals surface area contributed by atoms with Crippen molar-refractivity contribution in [3.8, 4) is 16.9 Å². The first kappa shape index (κ1) is 18.0. The maximum atomic E-state index is 12.0. The van der Waals surface area contributed by atoms with Gasteiger partial charge in [-0.25, -0.2) is 5.43 Å². The molecule has 2 aromatic carbocycles. The number of nitrogens with zero attached hydrogens (tertiary/aromatic N) is 1. The van der Waals surface area contributed by atoms with Crippen LogP contribution in [0, 0.1) is 5.92 Å². The summed E-state index contributed by atoms with van der Waals surface area (Å²) in [6, 6.07) is 21.4. The van der Waals surface area contributed by atoms with Crippen LogP contribution in [0.4, 0.5) is 0 Å². The summed E-state index contributed by atoms with van der Waals surface area (Å²) in [5, 5.41) is 3.95. The summed E-state index contributed by atoms with van der Waals surface area (Å²) in [5.74, 6) is 3.15. The van der Waals surface area contributed by atoms with Crippen LogP contribution in [0.3, 0.4) is 0 Å². The fraction of sp³-hybridized carbons (Fsp3) is 0.217. The third-order valence-electron chi connectivity index (χ3n) is 4.83. The molecule has 1 aliphatic rings. The summed E-state index contributed by atoms with van der Waals surface area (Å²) in [7, 11) is 0. The number of rotatable bonds is 7. The highest BCUT2D eigenvalue weighted by molar-refractivity contribution is 5.81. The average molecular weight is 374 g/mol. The standard InChI is InChI=1S/C23H22N2O3/c1-16-13-20(16)22-12-11-18(28-22)14-24-25-23(26)15-27-21-10-6-5-9-19(21)17-7-3-2-4-8-17/h2-12,14,16,20H,13,15H2,1H3,(H,25,26)/b24-14-/t16-,20-/m0/s1. The zero-order valence-electron chi connectivity index (χ0n) is 15.7. The second-order valence-electron chi connectivity index (χ2n) is 7.00. The molecule has 0 unspecified atom stereocenters. The van der Waals surface area contributed by atoms with Crippen molar-refractivity contribution < 1.29 is 13.9 Å². The van der Waals surface area contributed by atoms with Crippen molar-refractivity contribution in [1.29, 1.82) is 0 Å². The Labute approximate surface area is 164 Å². The van der Waals surface area contributed by atoms with E-state index < -0.39 is 0 Å². The summed E-state index contributed by atoms with van der Waals surface area (Å²) in [6.07, 6.45) is 2.68. The molecule has 1 heterocycles. The Morgan fingerprint density at radius 1 is 1.14 bits per heavy atom. The molecule has 1 fully saturated rings. The van der Waals surface area contributed by atoms with E-state index >= 15 is 0 Å². The van der Waals surface area contributed by atoms with Crippen LogP contribution in [-0.2, 0) is 4.79 Å². The van der Waals surface area contributed by atoms with Gasteiger partial charge in [0.1, 0.15) is 17.3 Å². The Balaban J connectivity index is 1.31. The van der Waals surface area contributed by atoms with Crippen LogP contribution in [0.2, 0.25) is 0 Å². The first-order chi connectivity index (χ1) is 13.7. The molecule has 0 aliphatic heterocycles. The number of hydrazone groups is 1. The normalized spacial score (nSPS) is 18.2. The van der Waals surface area contributed by atoms with E-state index in [1.54, 1.807) is 0 Å². The summed E-state index contributed by atoms with van der Waals surface area (Å²) in [4.78, 5) is 12.0. The third-order valence-corrected chi connectivity index (χ3v) is 4.83. The van der Waals surface area contributed by atoms with E-state index in [9.17, 15) is 4.79 Å². The van der Waals surface area contributed by atoms with Crippen molar-refractivity contribution in [2.45, 2.75) is 19.3 Å². The Morgan fingerprint density at radius 2 is 1.89 bits per heavy atom. The van der Waals surface area contributed by atoms with E-state index in [2.05, 4.69) is 17.5 Å². The van der Waals surface area contributed by atoms with Gasteiger partial charge in [-0.15, -0.1) is 0 Å². The molecule has 28 heavy (non-hydrogen) atoms. The lowest BCUT2D eigenvalue weighted by Crippen LogP contribution is -2.24. The van der Waals surface area contributed by atoms with Crippen molar-refractivity contribution in [2.24, 2.45) is 11.0 Å². The lowest BCUT2D eigenvalue weighted by Gasteiger charge is -2.10. The average Bonchev–Trinajstić information content (AvgIpc) is 3.27. The predicted molar refractivity (Wildman–Crippen MR) is 108 cm³/mol. The highest BCUT2D eigenvalue weighted by atomic mass is 16.5. The minimum Gasteiger partial charge on any atom is -0.483 e. The molecule has 1 saturated carbocycles. The molecule has 1 aromatic heterocycles. The predicted octanol–water partition coefficient (Wildman–Crippen LogP) is 4.60. The molecule has 0 radical (unpaired) electrons. The van der Waals surface area contributed by atoms with Gasteiger partial charge in [-0.2, -0.15) is 5.10 Å². The molecule has 1 aliphatic carbocycles. The van der Waals surface area contributed by atoms with Gasteiger partial charge in [0.05, 0.1) is 6.21 Å². The van der Waals surface area contributed by atoms with Crippen molar-refractivity contribution in [3.05, 3.63) is 78.3 Å². The third kappa shape index (κ3) is 4.31. The van der Waals surface area contributed by atoms with Crippen LogP contribution in [0.25, 0.3) is 11.1 Å². The Bertz CT molecular complexity index is 978. The summed E-state index contributed by atoms with van der Waals surface area (Å²) < 4.78 is 11.4. The van der Waals surface area contributed by atoms with Gasteiger partial charge in [0.15, 0.2) is 6.61 Å². The van der Waals surface area contributed by atoms with Gasteiger partial charge in [0, 0.05) is 11.5 Å². The molecule has 5 heteroatoms. The van der Waals surface area contributed by atoms with Gasteiger partial charge in [0.2, 0.25) is 0 Å². The second kappa shape index (κ2) is 8.13. The highest BCUT2D eigenvalue weighted by Crippen LogP contribution is 2.47. The second-order valence-corrected chi connectivity index (χ2v) is 7.00. The minimum absolute atomic E-state index is 0.121. The molecule has 0 spiro atoms. The van der Waals surface area contributed by atoms with Crippen LogP contribution >= 0.6 is 0 Å². The van der Waals surface area contributed by atoms with E-state index in [1.807, 2.05) is 66.7 Å². The van der Waals surface area contributed by atoms with Crippen LogP contribution in [0.1, 0.15) is 30.8 Å². The number of hydrogen-bond acceptors (Lipinski definition) is 4. The number of amides is 1. The van der Waals surface area contributed by atoms with Crippen LogP contribution in [0.5, 0.6) is 5.75 Å². The van der Waals surface area contributed by atoms with Gasteiger partial charge in [-0.3, -0.25) is 4.79 Å². The molecule has 5 nitrogen and oxygen atoms in total. The van der Waals surface area contributed by atoms with Gasteiger partial charge < -0.3 is 9.15 Å². The number of carbonyl (C=O) groups excluding carboxylic acids is 1. The van der Waals surface area contributed by atoms with E-state index in [4.69, 9.17) is 9.15 Å². The highest BCUT2D eigenvalue weighted by Gasteiger charge is 2.36. The topological polar surface area (TPSA) is 63.8 Å². The smallest absolute Gasteiger partial charge is 0.277 e. The molecular formula is C23H22N2O3. The monoisotopic (exact) mass is 374 g/mol. The zero-order valence-corrected chi connectivity index (χ0v) is 15.7. The molecule has 0 bridgehead atoms. The van der Waals surface area contributed by atoms with E-state index in [0.29, 0.717) is 23.3 Å². The first-order valence-electron chi connectivity index (χ1n) is 9.39. The molecule has 4 rings (SSSR count).